The first kappa shape index (κ1) is 28.4. The molecule has 1 fully saturated rings. The lowest BCUT2D eigenvalue weighted by Gasteiger charge is -2.39. The van der Waals surface area contributed by atoms with Gasteiger partial charge in [-0.1, -0.05) is 29.4 Å². The number of ether oxygens (including phenoxy) is 2. The number of nitrogens with one attached hydrogen (secondary N) is 1. The molecule has 0 radical (unpaired) electrons. The molecule has 2 aliphatic heterocycles. The number of carbonyl (C=O) groups is 3. The van der Waals surface area contributed by atoms with E-state index in [4.69, 9.17) is 14.0 Å². The van der Waals surface area contributed by atoms with Crippen LogP contribution >= 0.6 is 0 Å². The van der Waals surface area contributed by atoms with Crippen LogP contribution in [0.4, 0.5) is 0 Å². The topological polar surface area (TPSA) is 114 Å². The van der Waals surface area contributed by atoms with Gasteiger partial charge in [0.2, 0.25) is 17.7 Å². The van der Waals surface area contributed by atoms with Gasteiger partial charge in [0, 0.05) is 25.2 Å². The minimum atomic E-state index is -0.441. The lowest BCUT2D eigenvalue weighted by molar-refractivity contribution is -0.138. The number of fused-ring (bicyclic) bond motifs is 5. The van der Waals surface area contributed by atoms with Gasteiger partial charge in [0.05, 0.1) is 43.8 Å². The predicted molar refractivity (Wildman–Crippen MR) is 150 cm³/mol. The zero-order valence-corrected chi connectivity index (χ0v) is 23.7. The average molecular weight is 561 g/mol. The number of hydrogen-bond acceptors (Lipinski definition) is 7. The summed E-state index contributed by atoms with van der Waals surface area (Å²) >= 11 is 0. The van der Waals surface area contributed by atoms with Crippen molar-refractivity contribution in [3.8, 4) is 11.5 Å². The quantitative estimate of drug-likeness (QED) is 0.523. The lowest BCUT2D eigenvalue weighted by atomic mass is 10.00. The van der Waals surface area contributed by atoms with Crippen molar-refractivity contribution in [2.45, 2.75) is 58.8 Å². The summed E-state index contributed by atoms with van der Waals surface area (Å²) in [7, 11) is 0. The highest BCUT2D eigenvalue weighted by Gasteiger charge is 2.34. The van der Waals surface area contributed by atoms with Gasteiger partial charge in [-0.15, -0.1) is 0 Å². The third-order valence-electron chi connectivity index (χ3n) is 7.68. The Morgan fingerprint density at radius 3 is 2.51 bits per heavy atom. The third kappa shape index (κ3) is 6.94. The maximum atomic E-state index is 13.3. The second-order valence-electron chi connectivity index (χ2n) is 10.6. The number of rotatable bonds is 3. The van der Waals surface area contributed by atoms with Gasteiger partial charge in [0.1, 0.15) is 17.3 Å². The second kappa shape index (κ2) is 12.6. The molecular weight excluding hydrogens is 524 g/mol. The minimum Gasteiger partial charge on any atom is -0.457 e. The maximum absolute atomic E-state index is 13.3. The Hall–Kier alpha value is -4.18. The summed E-state index contributed by atoms with van der Waals surface area (Å²) in [5, 5.41) is 7.03. The SMILES string of the molecule is CCN1CC(=O)N[C@H]2CN(C(=O)Cc3c(C)noc3C)CC[C@@H]2OCc2cccc(c2)Oc2cccc(c2)CC1=O. The van der Waals surface area contributed by atoms with E-state index in [1.807, 2.05) is 62.4 Å². The van der Waals surface area contributed by atoms with E-state index in [1.54, 1.807) is 11.8 Å². The number of hydrogen-bond donors (Lipinski definition) is 1. The van der Waals surface area contributed by atoms with Crippen LogP contribution in [0.2, 0.25) is 0 Å². The summed E-state index contributed by atoms with van der Waals surface area (Å²) in [5.74, 6) is 1.42. The van der Waals surface area contributed by atoms with Crippen molar-refractivity contribution in [3.05, 3.63) is 76.7 Å². The van der Waals surface area contributed by atoms with E-state index in [-0.39, 0.29) is 43.2 Å². The van der Waals surface area contributed by atoms with Crippen LogP contribution in [0, 0.1) is 13.8 Å². The molecule has 10 heteroatoms. The van der Waals surface area contributed by atoms with Gasteiger partial charge >= 0.3 is 0 Å². The number of benzene rings is 2. The number of nitrogens with zero attached hydrogens (tertiary/aromatic N) is 3. The molecule has 216 valence electrons. The fourth-order valence-corrected chi connectivity index (χ4v) is 5.36. The monoisotopic (exact) mass is 560 g/mol. The molecule has 2 atom stereocenters. The van der Waals surface area contributed by atoms with Crippen molar-refractivity contribution in [1.82, 2.24) is 20.3 Å². The van der Waals surface area contributed by atoms with Crippen molar-refractivity contribution in [2.24, 2.45) is 0 Å². The maximum Gasteiger partial charge on any atom is 0.239 e. The normalized spacial score (nSPS) is 20.1. The molecule has 3 heterocycles. The van der Waals surface area contributed by atoms with Crippen molar-refractivity contribution in [1.29, 1.82) is 0 Å². The fourth-order valence-electron chi connectivity index (χ4n) is 5.36. The van der Waals surface area contributed by atoms with E-state index in [1.165, 1.54) is 4.90 Å². The number of carbonyl (C=O) groups excluding carboxylic acids is 3. The molecule has 1 N–H and O–H groups in total. The second-order valence-corrected chi connectivity index (χ2v) is 10.6. The van der Waals surface area contributed by atoms with Crippen molar-refractivity contribution in [3.63, 3.8) is 0 Å². The Labute approximate surface area is 239 Å². The van der Waals surface area contributed by atoms with E-state index in [2.05, 4.69) is 10.5 Å². The molecule has 0 spiro atoms. The van der Waals surface area contributed by atoms with E-state index in [0.717, 1.165) is 16.7 Å². The first-order chi connectivity index (χ1) is 19.8. The van der Waals surface area contributed by atoms with Crippen LogP contribution in [0.15, 0.2) is 53.1 Å². The fraction of sp³-hybridized carbons (Fsp3) is 0.419. The van der Waals surface area contributed by atoms with Gasteiger partial charge in [-0.25, -0.2) is 0 Å². The van der Waals surface area contributed by atoms with Crippen molar-refractivity contribution < 1.29 is 28.4 Å². The molecule has 10 nitrogen and oxygen atoms in total. The van der Waals surface area contributed by atoms with Gasteiger partial charge in [0.25, 0.3) is 0 Å². The van der Waals surface area contributed by atoms with Crippen molar-refractivity contribution >= 4 is 17.7 Å². The molecule has 2 aliphatic rings. The average Bonchev–Trinajstić information content (AvgIpc) is 3.27. The van der Waals surface area contributed by atoms with Gasteiger partial charge in [-0.05, 0) is 62.6 Å². The lowest BCUT2D eigenvalue weighted by Crippen LogP contribution is -2.58. The standard InChI is InChI=1S/C31H36N4O6/c1-4-34-18-29(36)32-27-17-35(31(38)16-26-20(2)33-41-21(26)3)12-11-28(27)39-19-23-8-6-10-25(14-23)40-24-9-5-7-22(13-24)15-30(34)37/h5-10,13-14,27-28H,4,11-12,15-19H2,1-3H3,(H,32,36)/t27-,28-/m0/s1. The molecule has 5 rings (SSSR count). The van der Waals surface area contributed by atoms with Crippen LogP contribution in [0.1, 0.15) is 41.5 Å². The number of aryl methyl sites for hydroxylation is 2. The van der Waals surface area contributed by atoms with E-state index in [9.17, 15) is 14.4 Å². The summed E-state index contributed by atoms with van der Waals surface area (Å²) in [6.45, 7) is 6.89. The number of amides is 3. The molecule has 3 aromatic rings. The minimum absolute atomic E-state index is 0.0625. The van der Waals surface area contributed by atoms with E-state index in [0.29, 0.717) is 55.6 Å². The Bertz CT molecular complexity index is 1400. The van der Waals surface area contributed by atoms with Crippen LogP contribution in [0.3, 0.4) is 0 Å². The molecule has 1 saturated heterocycles. The highest BCUT2D eigenvalue weighted by atomic mass is 16.5. The Balaban J connectivity index is 1.37. The van der Waals surface area contributed by atoms with Crippen LogP contribution in [0.25, 0.3) is 0 Å². The number of aromatic nitrogens is 1. The Morgan fingerprint density at radius 1 is 1.07 bits per heavy atom. The molecule has 0 unspecified atom stereocenters. The smallest absolute Gasteiger partial charge is 0.239 e. The van der Waals surface area contributed by atoms with Crippen molar-refractivity contribution in [2.75, 3.05) is 26.2 Å². The molecule has 1 aromatic heterocycles. The van der Waals surface area contributed by atoms with Crippen LogP contribution in [-0.2, 0) is 38.6 Å². The summed E-state index contributed by atoms with van der Waals surface area (Å²) in [6.07, 6.45) is 0.566. The first-order valence-corrected chi connectivity index (χ1v) is 14.0. The highest BCUT2D eigenvalue weighted by Crippen LogP contribution is 2.25. The molecular formula is C31H36N4O6. The predicted octanol–water partition coefficient (Wildman–Crippen LogP) is 3.33. The van der Waals surface area contributed by atoms with E-state index >= 15 is 0 Å². The largest absolute Gasteiger partial charge is 0.457 e. The molecule has 0 aliphatic carbocycles. The van der Waals surface area contributed by atoms with Crippen LogP contribution < -0.4 is 10.1 Å². The summed E-state index contributed by atoms with van der Waals surface area (Å²) in [6, 6.07) is 14.6. The Morgan fingerprint density at radius 2 is 1.80 bits per heavy atom. The summed E-state index contributed by atoms with van der Waals surface area (Å²) in [5.41, 5.74) is 3.22. The molecule has 2 aromatic carbocycles. The zero-order chi connectivity index (χ0) is 28.9. The Kier molecular flexibility index (Phi) is 8.68. The number of likely N-dealkylation sites (N-methyl/N-ethyl adjacent to an activating group) is 1. The third-order valence-corrected chi connectivity index (χ3v) is 7.68. The van der Waals surface area contributed by atoms with Crippen LogP contribution in [-0.4, -0.2) is 71.0 Å². The zero-order valence-electron chi connectivity index (χ0n) is 23.7. The van der Waals surface area contributed by atoms with E-state index < -0.39 is 6.04 Å². The van der Waals surface area contributed by atoms with Gasteiger partial charge < -0.3 is 29.1 Å². The molecule has 41 heavy (non-hydrogen) atoms. The van der Waals surface area contributed by atoms with Gasteiger partial charge in [-0.3, -0.25) is 14.4 Å². The number of piperidine rings is 1. The first-order valence-electron chi connectivity index (χ1n) is 14.0. The van der Waals surface area contributed by atoms with Gasteiger partial charge in [0.15, 0.2) is 0 Å². The van der Waals surface area contributed by atoms with Crippen LogP contribution in [0.5, 0.6) is 11.5 Å². The summed E-state index contributed by atoms with van der Waals surface area (Å²) < 4.78 is 17.7. The van der Waals surface area contributed by atoms with Gasteiger partial charge in [-0.2, -0.15) is 0 Å². The number of likely N-dealkylation sites (tertiary alicyclic amines) is 1. The molecule has 4 bridgehead atoms. The molecule has 0 saturated carbocycles. The molecule has 3 amide bonds. The highest BCUT2D eigenvalue weighted by molar-refractivity contribution is 5.86. The summed E-state index contributed by atoms with van der Waals surface area (Å²) in [4.78, 5) is 42.9.